The van der Waals surface area contributed by atoms with Gasteiger partial charge in [-0.1, -0.05) is 36.4 Å². The Kier molecular flexibility index (Phi) is 6.77. The minimum absolute atomic E-state index is 0.115. The molecule has 4 rings (SSSR count). The Labute approximate surface area is 197 Å². The second-order valence-corrected chi connectivity index (χ2v) is 8.14. The fourth-order valence-corrected chi connectivity index (χ4v) is 3.63. The molecule has 0 fully saturated rings. The lowest BCUT2D eigenvalue weighted by Crippen LogP contribution is -2.17. The van der Waals surface area contributed by atoms with Crippen molar-refractivity contribution in [1.29, 1.82) is 0 Å². The predicted octanol–water partition coefficient (Wildman–Crippen LogP) is 3.76. The van der Waals surface area contributed by atoms with Crippen LogP contribution in [-0.4, -0.2) is 46.0 Å². The Hall–Kier alpha value is -4.33. The Morgan fingerprint density at radius 3 is 2.44 bits per heavy atom. The summed E-state index contributed by atoms with van der Waals surface area (Å²) >= 11 is 0. The Morgan fingerprint density at radius 2 is 1.71 bits per heavy atom. The van der Waals surface area contributed by atoms with Crippen molar-refractivity contribution in [3.8, 4) is 0 Å². The molecule has 2 aromatic heterocycles. The highest BCUT2D eigenvalue weighted by atomic mass is 16.4. The summed E-state index contributed by atoms with van der Waals surface area (Å²) in [6, 6.07) is 18.9. The minimum Gasteiger partial charge on any atom is -0.481 e. The van der Waals surface area contributed by atoms with Crippen molar-refractivity contribution in [2.45, 2.75) is 19.3 Å². The zero-order valence-electron chi connectivity index (χ0n) is 19.0. The number of rotatable bonds is 8. The Morgan fingerprint density at radius 1 is 0.941 bits per heavy atom. The fraction of sp³-hybridized carbons (Fsp3) is 0.192. The van der Waals surface area contributed by atoms with Gasteiger partial charge in [-0.3, -0.25) is 9.59 Å². The third-order valence-corrected chi connectivity index (χ3v) is 5.34. The molecule has 0 saturated carbocycles. The normalized spacial score (nSPS) is 10.8. The molecule has 34 heavy (non-hydrogen) atoms. The van der Waals surface area contributed by atoms with E-state index >= 15 is 0 Å². The molecule has 0 unspecified atom stereocenters. The van der Waals surface area contributed by atoms with Crippen LogP contribution in [0.1, 0.15) is 27.4 Å². The number of hydrogen-bond acceptors (Lipinski definition) is 6. The van der Waals surface area contributed by atoms with Gasteiger partial charge in [-0.2, -0.15) is 0 Å². The maximum absolute atomic E-state index is 12.6. The second kappa shape index (κ2) is 10.1. The van der Waals surface area contributed by atoms with Crippen LogP contribution in [0.5, 0.6) is 0 Å². The molecule has 8 heteroatoms. The van der Waals surface area contributed by atoms with E-state index in [1.54, 1.807) is 17.2 Å². The number of carbonyl (C=O) groups is 2. The molecule has 8 nitrogen and oxygen atoms in total. The summed E-state index contributed by atoms with van der Waals surface area (Å²) < 4.78 is 0. The van der Waals surface area contributed by atoms with Crippen molar-refractivity contribution in [2.75, 3.05) is 24.3 Å². The van der Waals surface area contributed by atoms with Crippen LogP contribution in [0.2, 0.25) is 0 Å². The van der Waals surface area contributed by atoms with Crippen LogP contribution < -0.4 is 10.2 Å². The van der Waals surface area contributed by atoms with Crippen molar-refractivity contribution in [1.82, 2.24) is 15.0 Å². The number of aryl methyl sites for hydroxylation is 2. The molecule has 2 aromatic carbocycles. The number of aromatic nitrogens is 3. The number of pyridine rings is 1. The van der Waals surface area contributed by atoms with Crippen molar-refractivity contribution >= 4 is 34.3 Å². The van der Waals surface area contributed by atoms with Gasteiger partial charge in [-0.15, -0.1) is 0 Å². The van der Waals surface area contributed by atoms with E-state index in [9.17, 15) is 9.59 Å². The summed E-state index contributed by atoms with van der Waals surface area (Å²) in [7, 11) is 3.66. The molecule has 0 aliphatic rings. The third kappa shape index (κ3) is 5.53. The van der Waals surface area contributed by atoms with Crippen LogP contribution in [0.15, 0.2) is 66.9 Å². The van der Waals surface area contributed by atoms with Gasteiger partial charge in [0.15, 0.2) is 0 Å². The Balaban J connectivity index is 1.38. The molecule has 0 spiro atoms. The molecule has 2 N–H and O–H groups in total. The van der Waals surface area contributed by atoms with Crippen LogP contribution >= 0.6 is 0 Å². The van der Waals surface area contributed by atoms with Crippen LogP contribution in [-0.2, 0) is 24.1 Å². The second-order valence-electron chi connectivity index (χ2n) is 8.14. The van der Waals surface area contributed by atoms with E-state index in [0.717, 1.165) is 16.5 Å². The van der Waals surface area contributed by atoms with Gasteiger partial charge in [-0.25, -0.2) is 15.0 Å². The van der Waals surface area contributed by atoms with E-state index in [2.05, 4.69) is 20.3 Å². The molecule has 4 aromatic rings. The molecular weight excluding hydrogens is 430 g/mol. The zero-order valence-corrected chi connectivity index (χ0v) is 19.0. The molecule has 0 bridgehead atoms. The molecular formula is C26H25N5O3. The lowest BCUT2D eigenvalue weighted by atomic mass is 10.1. The number of anilines is 2. The first-order valence-electron chi connectivity index (χ1n) is 10.9. The summed E-state index contributed by atoms with van der Waals surface area (Å²) in [4.78, 5) is 38.8. The number of fused-ring (bicyclic) bond motifs is 1. The molecule has 0 saturated heterocycles. The number of aliphatic carboxylic acids is 1. The Bertz CT molecular complexity index is 1340. The number of carboxylic acid groups (broad SMARTS) is 1. The van der Waals surface area contributed by atoms with Gasteiger partial charge in [-0.05, 0) is 36.2 Å². The summed E-state index contributed by atoms with van der Waals surface area (Å²) in [5, 5.41) is 12.9. The van der Waals surface area contributed by atoms with Crippen LogP contribution in [0.25, 0.3) is 10.9 Å². The van der Waals surface area contributed by atoms with Crippen molar-refractivity contribution in [3.05, 3.63) is 89.5 Å². The highest BCUT2D eigenvalue weighted by Crippen LogP contribution is 2.18. The largest absolute Gasteiger partial charge is 0.481 e. The highest BCUT2D eigenvalue weighted by molar-refractivity contribution is 6.04. The lowest BCUT2D eigenvalue weighted by molar-refractivity contribution is -0.136. The lowest BCUT2D eigenvalue weighted by Gasteiger charge is -2.16. The summed E-state index contributed by atoms with van der Waals surface area (Å²) in [6.07, 6.45) is 2.80. The first kappa shape index (κ1) is 22.8. The first-order valence-corrected chi connectivity index (χ1v) is 10.9. The van der Waals surface area contributed by atoms with Crippen molar-refractivity contribution < 1.29 is 14.7 Å². The average Bonchev–Trinajstić information content (AvgIpc) is 2.83. The van der Waals surface area contributed by atoms with E-state index < -0.39 is 5.97 Å². The third-order valence-electron chi connectivity index (χ3n) is 5.34. The molecule has 172 valence electrons. The fourth-order valence-electron chi connectivity index (χ4n) is 3.63. The zero-order chi connectivity index (χ0) is 24.1. The van der Waals surface area contributed by atoms with Gasteiger partial charge in [0.05, 0.1) is 11.9 Å². The number of carbonyl (C=O) groups excluding carboxylic acids is 1. The van der Waals surface area contributed by atoms with Crippen molar-refractivity contribution in [2.24, 2.45) is 0 Å². The number of para-hydroxylation sites is 1. The minimum atomic E-state index is -0.914. The van der Waals surface area contributed by atoms with Gasteiger partial charge in [0.25, 0.3) is 5.91 Å². The van der Waals surface area contributed by atoms with E-state index in [0.29, 0.717) is 41.4 Å². The first-order chi connectivity index (χ1) is 16.4. The van der Waals surface area contributed by atoms with E-state index in [-0.39, 0.29) is 12.3 Å². The van der Waals surface area contributed by atoms with Gasteiger partial charge >= 0.3 is 5.97 Å². The summed E-state index contributed by atoms with van der Waals surface area (Å²) in [6.45, 7) is 0. The number of carboxylic acids is 1. The van der Waals surface area contributed by atoms with Crippen LogP contribution in [0, 0.1) is 0 Å². The molecule has 1 amide bonds. The molecule has 0 aliphatic heterocycles. The number of hydrogen-bond donors (Lipinski definition) is 2. The number of nitrogens with zero attached hydrogens (tertiary/aromatic N) is 4. The summed E-state index contributed by atoms with van der Waals surface area (Å²) in [5.74, 6) is 0.0953. The number of benzene rings is 2. The van der Waals surface area contributed by atoms with Crippen LogP contribution in [0.4, 0.5) is 11.5 Å². The SMILES string of the molecule is CN(C)c1nc(CCc2ccc(NC(=O)c3ccc4ccccc4n3)cc2)ncc1CC(=O)O. The molecule has 2 heterocycles. The van der Waals surface area contributed by atoms with Crippen molar-refractivity contribution in [3.63, 3.8) is 0 Å². The smallest absolute Gasteiger partial charge is 0.308 e. The van der Waals surface area contributed by atoms with Gasteiger partial charge in [0.1, 0.15) is 17.3 Å². The quantitative estimate of drug-likeness (QED) is 0.416. The number of nitrogens with one attached hydrogen (secondary N) is 1. The van der Waals surface area contributed by atoms with E-state index in [4.69, 9.17) is 5.11 Å². The van der Waals surface area contributed by atoms with E-state index in [1.165, 1.54) is 0 Å². The number of amides is 1. The van der Waals surface area contributed by atoms with Gasteiger partial charge < -0.3 is 15.3 Å². The monoisotopic (exact) mass is 455 g/mol. The predicted molar refractivity (Wildman–Crippen MR) is 131 cm³/mol. The average molecular weight is 456 g/mol. The summed E-state index contributed by atoms with van der Waals surface area (Å²) in [5.41, 5.74) is 3.49. The maximum Gasteiger partial charge on any atom is 0.308 e. The molecule has 0 atom stereocenters. The standard InChI is InChI=1S/C26H25N5O3/c1-31(2)25-19(15-24(32)33)16-27-23(30-25)14-9-17-7-11-20(12-8-17)28-26(34)22-13-10-18-5-3-4-6-21(18)29-22/h3-8,10-13,16H,9,14-15H2,1-2H3,(H,28,34)(H,32,33). The topological polar surface area (TPSA) is 108 Å². The maximum atomic E-state index is 12.6. The van der Waals surface area contributed by atoms with E-state index in [1.807, 2.05) is 68.7 Å². The van der Waals surface area contributed by atoms with Crippen LogP contribution in [0.3, 0.4) is 0 Å². The highest BCUT2D eigenvalue weighted by Gasteiger charge is 2.13. The van der Waals surface area contributed by atoms with Gasteiger partial charge in [0.2, 0.25) is 0 Å². The molecule has 0 aliphatic carbocycles. The van der Waals surface area contributed by atoms with Gasteiger partial charge in [0, 0.05) is 43.4 Å². The molecule has 0 radical (unpaired) electrons.